The van der Waals surface area contributed by atoms with Gasteiger partial charge in [0, 0.05) is 12.5 Å². The molecule has 0 spiro atoms. The van der Waals surface area contributed by atoms with E-state index in [9.17, 15) is 23.2 Å². The van der Waals surface area contributed by atoms with Crippen LogP contribution in [0.15, 0.2) is 28.2 Å². The Labute approximate surface area is 150 Å². The van der Waals surface area contributed by atoms with Crippen LogP contribution >= 0.6 is 11.8 Å². The quantitative estimate of drug-likeness (QED) is 0.557. The average Bonchev–Trinajstić information content (AvgIpc) is 2.56. The minimum Gasteiger partial charge on any atom is -0.323 e. The fourth-order valence-corrected chi connectivity index (χ4v) is 3.18. The molecule has 0 bridgehead atoms. The number of rotatable bonds is 4. The van der Waals surface area contributed by atoms with Crippen molar-refractivity contribution in [1.82, 2.24) is 9.97 Å². The smallest absolute Gasteiger partial charge is 0.257 e. The van der Waals surface area contributed by atoms with Gasteiger partial charge in [0.2, 0.25) is 11.8 Å². The van der Waals surface area contributed by atoms with E-state index in [2.05, 4.69) is 20.6 Å². The van der Waals surface area contributed by atoms with Crippen molar-refractivity contribution < 1.29 is 18.4 Å². The summed E-state index contributed by atoms with van der Waals surface area (Å²) >= 11 is 1.28. The Morgan fingerprint density at radius 1 is 1.38 bits per heavy atom. The number of hydrogen-bond acceptors (Lipinski definition) is 5. The summed E-state index contributed by atoms with van der Waals surface area (Å²) in [6.45, 7) is 1.87. The molecule has 1 aliphatic heterocycles. The first kappa shape index (κ1) is 18.1. The Balaban J connectivity index is 1.95. The zero-order chi connectivity index (χ0) is 18.8. The Kier molecular flexibility index (Phi) is 5.03. The van der Waals surface area contributed by atoms with E-state index in [1.165, 1.54) is 11.8 Å². The number of benzene rings is 1. The number of aromatic amines is 1. The molecule has 0 fully saturated rings. The molecule has 1 aliphatic rings. The van der Waals surface area contributed by atoms with Crippen LogP contribution in [0.1, 0.15) is 24.8 Å². The highest BCUT2D eigenvalue weighted by molar-refractivity contribution is 7.99. The second kappa shape index (κ2) is 7.24. The van der Waals surface area contributed by atoms with Crippen LogP contribution in [0.5, 0.6) is 0 Å². The molecule has 26 heavy (non-hydrogen) atoms. The summed E-state index contributed by atoms with van der Waals surface area (Å²) in [5.41, 5.74) is -0.790. The van der Waals surface area contributed by atoms with Crippen molar-refractivity contribution in [2.24, 2.45) is 0 Å². The number of halogens is 2. The molecular formula is C16H14F2N4O3S. The lowest BCUT2D eigenvalue weighted by atomic mass is 9.92. The van der Waals surface area contributed by atoms with E-state index in [0.29, 0.717) is 17.0 Å². The van der Waals surface area contributed by atoms with Crippen molar-refractivity contribution in [2.75, 3.05) is 16.4 Å². The Hall–Kier alpha value is -2.75. The van der Waals surface area contributed by atoms with Gasteiger partial charge in [-0.25, -0.2) is 13.8 Å². The molecule has 7 nitrogen and oxygen atoms in total. The first-order chi connectivity index (χ1) is 12.4. The lowest BCUT2D eigenvalue weighted by Gasteiger charge is -2.23. The normalized spacial score (nSPS) is 16.0. The maximum absolute atomic E-state index is 13.8. The molecule has 0 radical (unpaired) electrons. The zero-order valence-corrected chi connectivity index (χ0v) is 14.4. The fourth-order valence-electron chi connectivity index (χ4n) is 2.59. The van der Waals surface area contributed by atoms with Crippen LogP contribution in [0, 0.1) is 11.6 Å². The van der Waals surface area contributed by atoms with Crippen LogP contribution in [0.4, 0.5) is 20.3 Å². The second-order valence-corrected chi connectivity index (χ2v) is 6.74. The van der Waals surface area contributed by atoms with Gasteiger partial charge in [-0.15, -0.1) is 0 Å². The maximum atomic E-state index is 13.8. The molecule has 1 aromatic heterocycles. The summed E-state index contributed by atoms with van der Waals surface area (Å²) < 4.78 is 26.7. The third kappa shape index (κ3) is 3.59. The summed E-state index contributed by atoms with van der Waals surface area (Å²) in [5, 5.41) is 5.09. The topological polar surface area (TPSA) is 104 Å². The van der Waals surface area contributed by atoms with Gasteiger partial charge < -0.3 is 15.6 Å². The molecule has 136 valence electrons. The number of thioether (sulfide) groups is 1. The number of nitrogens with zero attached hydrogens (tertiary/aromatic N) is 1. The molecular weight excluding hydrogens is 366 g/mol. The third-order valence-corrected chi connectivity index (χ3v) is 4.47. The lowest BCUT2D eigenvalue weighted by molar-refractivity contribution is -0.123. The molecule has 1 unspecified atom stereocenters. The number of nitrogens with one attached hydrogen (secondary N) is 3. The third-order valence-electron chi connectivity index (χ3n) is 3.72. The highest BCUT2D eigenvalue weighted by Crippen LogP contribution is 2.30. The van der Waals surface area contributed by atoms with Gasteiger partial charge >= 0.3 is 0 Å². The highest BCUT2D eigenvalue weighted by Gasteiger charge is 2.35. The van der Waals surface area contributed by atoms with Crippen LogP contribution < -0.4 is 16.2 Å². The first-order valence-corrected chi connectivity index (χ1v) is 8.70. The zero-order valence-electron chi connectivity index (χ0n) is 13.6. The van der Waals surface area contributed by atoms with Gasteiger partial charge in [-0.1, -0.05) is 18.7 Å². The minimum absolute atomic E-state index is 0.00470. The summed E-state index contributed by atoms with van der Waals surface area (Å²) in [7, 11) is 0. The summed E-state index contributed by atoms with van der Waals surface area (Å²) in [4.78, 5) is 43.5. The van der Waals surface area contributed by atoms with E-state index >= 15 is 0 Å². The van der Waals surface area contributed by atoms with Gasteiger partial charge in [-0.05, 0) is 17.9 Å². The van der Waals surface area contributed by atoms with Crippen molar-refractivity contribution in [1.29, 1.82) is 0 Å². The predicted octanol–water partition coefficient (Wildman–Crippen LogP) is 2.22. The number of amides is 2. The van der Waals surface area contributed by atoms with Gasteiger partial charge in [0.15, 0.2) is 5.16 Å². The number of aromatic nitrogens is 2. The summed E-state index contributed by atoms with van der Waals surface area (Å²) in [6, 6.07) is 2.68. The molecule has 10 heteroatoms. The molecule has 2 amide bonds. The van der Waals surface area contributed by atoms with Gasteiger partial charge in [0.05, 0.1) is 17.2 Å². The second-order valence-electron chi connectivity index (χ2n) is 5.48. The lowest BCUT2D eigenvalue weighted by Crippen LogP contribution is -2.36. The van der Waals surface area contributed by atoms with E-state index in [1.54, 1.807) is 0 Å². The van der Waals surface area contributed by atoms with Gasteiger partial charge in [-0.3, -0.25) is 14.4 Å². The van der Waals surface area contributed by atoms with Crippen molar-refractivity contribution in [3.63, 3.8) is 0 Å². The van der Waals surface area contributed by atoms with E-state index in [-0.39, 0.29) is 23.5 Å². The molecule has 3 N–H and O–H groups in total. The number of carbonyl (C=O) groups excluding carboxylic acids is 2. The van der Waals surface area contributed by atoms with Crippen LogP contribution in [-0.2, 0) is 9.59 Å². The Morgan fingerprint density at radius 3 is 2.85 bits per heavy atom. The van der Waals surface area contributed by atoms with Crippen LogP contribution in [0.2, 0.25) is 0 Å². The molecule has 3 rings (SSSR count). The van der Waals surface area contributed by atoms with E-state index in [4.69, 9.17) is 0 Å². The number of anilines is 2. The average molecular weight is 380 g/mol. The molecule has 0 saturated heterocycles. The summed E-state index contributed by atoms with van der Waals surface area (Å²) in [5.74, 6) is -3.45. The molecule has 1 atom stereocenters. The highest BCUT2D eigenvalue weighted by atomic mass is 32.2. The Bertz CT molecular complexity index is 948. The Morgan fingerprint density at radius 2 is 2.15 bits per heavy atom. The number of hydrogen-bond donors (Lipinski definition) is 3. The van der Waals surface area contributed by atoms with E-state index in [0.717, 1.165) is 12.1 Å². The number of carbonyl (C=O) groups is 2. The predicted molar refractivity (Wildman–Crippen MR) is 92.2 cm³/mol. The fraction of sp³-hybridized carbons (Fsp3) is 0.250. The molecule has 0 saturated carbocycles. The molecule has 2 heterocycles. The maximum Gasteiger partial charge on any atom is 0.257 e. The van der Waals surface area contributed by atoms with Crippen molar-refractivity contribution in [2.45, 2.75) is 24.4 Å². The molecule has 0 aliphatic carbocycles. The van der Waals surface area contributed by atoms with Crippen molar-refractivity contribution in [3.05, 3.63) is 45.8 Å². The van der Waals surface area contributed by atoms with Crippen LogP contribution in [-0.4, -0.2) is 27.5 Å². The van der Waals surface area contributed by atoms with Crippen LogP contribution in [0.25, 0.3) is 0 Å². The standard InChI is InChI=1S/C16H14F2N4O3S/c1-2-26-16-21-13-12(15(25)22-16)8(6-11(23)20-13)14(24)19-10-4-3-7(17)5-9(10)18/h3-5,8H,2,6H2,1H3,(H,19,24)(H2,20,21,22,23,25). The molecule has 2 aromatic rings. The number of H-pyrrole nitrogens is 1. The summed E-state index contributed by atoms with van der Waals surface area (Å²) in [6.07, 6.45) is -0.285. The van der Waals surface area contributed by atoms with Crippen LogP contribution in [0.3, 0.4) is 0 Å². The van der Waals surface area contributed by atoms with Gasteiger partial charge in [0.1, 0.15) is 17.5 Å². The largest absolute Gasteiger partial charge is 0.323 e. The molecule has 1 aromatic carbocycles. The van der Waals surface area contributed by atoms with Gasteiger partial charge in [0.25, 0.3) is 5.56 Å². The number of fused-ring (bicyclic) bond motifs is 1. The van der Waals surface area contributed by atoms with E-state index < -0.39 is 34.9 Å². The van der Waals surface area contributed by atoms with E-state index in [1.807, 2.05) is 6.92 Å². The van der Waals surface area contributed by atoms with Gasteiger partial charge in [-0.2, -0.15) is 0 Å². The SMILES string of the molecule is CCSc1nc2c(c(=O)[nH]1)C(C(=O)Nc1ccc(F)cc1F)CC(=O)N2. The minimum atomic E-state index is -1.14. The van der Waals surface area contributed by atoms with Crippen molar-refractivity contribution >= 4 is 35.1 Å². The van der Waals surface area contributed by atoms with Crippen molar-refractivity contribution in [3.8, 4) is 0 Å². The monoisotopic (exact) mass is 380 g/mol. The first-order valence-electron chi connectivity index (χ1n) is 7.71.